The molecule has 13 nitrogen and oxygen atoms in total. The Hall–Kier alpha value is -4.72. The number of nitrogens with zero attached hydrogens (tertiary/aromatic N) is 2. The molecule has 3 aromatic carbocycles. The normalized spacial score (nSPS) is 20.0. The molecule has 4 unspecified atom stereocenters. The van der Waals surface area contributed by atoms with Gasteiger partial charge in [0.1, 0.15) is 18.8 Å². The van der Waals surface area contributed by atoms with Crippen molar-refractivity contribution in [1.82, 2.24) is 0 Å². The second-order valence-electron chi connectivity index (χ2n) is 8.62. The van der Waals surface area contributed by atoms with E-state index in [0.29, 0.717) is 0 Å². The summed E-state index contributed by atoms with van der Waals surface area (Å²) in [5, 5.41) is 21.8. The van der Waals surface area contributed by atoms with Gasteiger partial charge in [0.05, 0.1) is 27.6 Å². The summed E-state index contributed by atoms with van der Waals surface area (Å²) < 4.78 is 28.4. The fourth-order valence-electron chi connectivity index (χ4n) is 3.97. The van der Waals surface area contributed by atoms with Gasteiger partial charge in [-0.15, -0.1) is 0 Å². The number of ether oxygens (including phenoxy) is 5. The molecule has 0 spiro atoms. The number of carbonyl (C=O) groups is 2. The summed E-state index contributed by atoms with van der Waals surface area (Å²) in [5.41, 5.74) is 0.583. The van der Waals surface area contributed by atoms with Crippen molar-refractivity contribution >= 4 is 23.3 Å². The molecule has 1 saturated heterocycles. The molecule has 0 aliphatic carbocycles. The molecule has 13 heteroatoms. The highest BCUT2D eigenvalue weighted by Crippen LogP contribution is 2.30. The standard InChI is InChI=1S/C27H24N2O11/c1-36-27-24(37-15-17-5-3-2-4-6-17)23(40-26(31)19-9-13-21(14-10-19)29(34)35)22(39-27)16-38-25(30)18-7-11-20(12-8-18)28(32)33/h2-14,22-24,27H,15-16H2,1H3. The molecule has 3 aromatic rings. The number of esters is 2. The minimum atomic E-state index is -1.10. The van der Waals surface area contributed by atoms with Crippen molar-refractivity contribution in [2.45, 2.75) is 31.2 Å². The van der Waals surface area contributed by atoms with Crippen LogP contribution in [0, 0.1) is 20.2 Å². The molecular formula is C27H24N2O11. The number of rotatable bonds is 11. The number of methoxy groups -OCH3 is 1. The van der Waals surface area contributed by atoms with Gasteiger partial charge in [-0.2, -0.15) is 0 Å². The molecule has 0 aromatic heterocycles. The first-order valence-electron chi connectivity index (χ1n) is 12.0. The van der Waals surface area contributed by atoms with Crippen LogP contribution in [0.2, 0.25) is 0 Å². The smallest absolute Gasteiger partial charge is 0.338 e. The van der Waals surface area contributed by atoms with E-state index < -0.39 is 46.4 Å². The van der Waals surface area contributed by atoms with E-state index in [1.165, 1.54) is 55.6 Å². The van der Waals surface area contributed by atoms with Crippen LogP contribution in [0.4, 0.5) is 11.4 Å². The average Bonchev–Trinajstić information content (AvgIpc) is 3.31. The maximum Gasteiger partial charge on any atom is 0.338 e. The largest absolute Gasteiger partial charge is 0.459 e. The van der Waals surface area contributed by atoms with Crippen LogP contribution < -0.4 is 0 Å². The molecule has 40 heavy (non-hydrogen) atoms. The van der Waals surface area contributed by atoms with Gasteiger partial charge in [0, 0.05) is 31.4 Å². The maximum absolute atomic E-state index is 13.0. The molecule has 0 radical (unpaired) electrons. The van der Waals surface area contributed by atoms with E-state index in [9.17, 15) is 29.8 Å². The van der Waals surface area contributed by atoms with Gasteiger partial charge in [0.15, 0.2) is 12.4 Å². The number of nitro groups is 2. The third-order valence-corrected chi connectivity index (χ3v) is 6.03. The van der Waals surface area contributed by atoms with Crippen molar-refractivity contribution in [2.75, 3.05) is 13.7 Å². The summed E-state index contributed by atoms with van der Waals surface area (Å²) in [4.78, 5) is 46.2. The zero-order chi connectivity index (χ0) is 28.6. The van der Waals surface area contributed by atoms with Crippen molar-refractivity contribution in [3.05, 3.63) is 116 Å². The predicted octanol–water partition coefficient (Wildman–Crippen LogP) is 3.84. The van der Waals surface area contributed by atoms with Crippen LogP contribution in [0.1, 0.15) is 26.3 Å². The molecule has 1 heterocycles. The molecule has 1 aliphatic heterocycles. The van der Waals surface area contributed by atoms with Gasteiger partial charge in [-0.05, 0) is 29.8 Å². The summed E-state index contributed by atoms with van der Waals surface area (Å²) in [7, 11) is 1.38. The topological polar surface area (TPSA) is 167 Å². The molecule has 0 amide bonds. The van der Waals surface area contributed by atoms with E-state index in [-0.39, 0.29) is 35.7 Å². The van der Waals surface area contributed by atoms with Crippen LogP contribution in [0.5, 0.6) is 0 Å². The summed E-state index contributed by atoms with van der Waals surface area (Å²) >= 11 is 0. The predicted molar refractivity (Wildman–Crippen MR) is 136 cm³/mol. The van der Waals surface area contributed by atoms with Crippen LogP contribution >= 0.6 is 0 Å². The van der Waals surface area contributed by atoms with E-state index in [0.717, 1.165) is 5.56 Å². The zero-order valence-electron chi connectivity index (χ0n) is 21.1. The van der Waals surface area contributed by atoms with Gasteiger partial charge < -0.3 is 23.7 Å². The molecule has 1 aliphatic rings. The van der Waals surface area contributed by atoms with E-state index in [2.05, 4.69) is 0 Å². The first kappa shape index (κ1) is 28.3. The Morgan fingerprint density at radius 2 is 1.35 bits per heavy atom. The molecule has 0 saturated carbocycles. The van der Waals surface area contributed by atoms with Gasteiger partial charge in [-0.1, -0.05) is 30.3 Å². The lowest BCUT2D eigenvalue weighted by molar-refractivity contribution is -0.385. The van der Waals surface area contributed by atoms with E-state index in [4.69, 9.17) is 23.7 Å². The highest BCUT2D eigenvalue weighted by molar-refractivity contribution is 5.90. The van der Waals surface area contributed by atoms with Crippen molar-refractivity contribution in [2.24, 2.45) is 0 Å². The lowest BCUT2D eigenvalue weighted by atomic mass is 10.1. The maximum atomic E-state index is 13.0. The third kappa shape index (κ3) is 6.83. The lowest BCUT2D eigenvalue weighted by Crippen LogP contribution is -2.41. The second kappa shape index (κ2) is 12.9. The molecule has 1 fully saturated rings. The van der Waals surface area contributed by atoms with E-state index in [1.807, 2.05) is 30.3 Å². The molecule has 208 valence electrons. The minimum absolute atomic E-state index is 0.0508. The van der Waals surface area contributed by atoms with Crippen LogP contribution in [-0.2, 0) is 30.3 Å². The number of benzene rings is 3. The van der Waals surface area contributed by atoms with Crippen LogP contribution in [0.15, 0.2) is 78.9 Å². The van der Waals surface area contributed by atoms with Crippen molar-refractivity contribution < 1.29 is 43.1 Å². The fourth-order valence-corrected chi connectivity index (χ4v) is 3.97. The Balaban J connectivity index is 1.51. The highest BCUT2D eigenvalue weighted by Gasteiger charge is 2.49. The monoisotopic (exact) mass is 552 g/mol. The number of hydrogen-bond donors (Lipinski definition) is 0. The number of carbonyl (C=O) groups excluding carboxylic acids is 2. The molecular weight excluding hydrogens is 528 g/mol. The van der Waals surface area contributed by atoms with Gasteiger partial charge in [0.25, 0.3) is 11.4 Å². The Bertz CT molecular complexity index is 1350. The molecule has 0 N–H and O–H groups in total. The Morgan fingerprint density at radius 1 is 0.800 bits per heavy atom. The number of hydrogen-bond acceptors (Lipinski definition) is 11. The summed E-state index contributed by atoms with van der Waals surface area (Å²) in [5.74, 6) is -1.58. The van der Waals surface area contributed by atoms with Gasteiger partial charge in [-0.25, -0.2) is 9.59 Å². The number of nitro benzene ring substituents is 2. The van der Waals surface area contributed by atoms with Crippen LogP contribution in [0.25, 0.3) is 0 Å². The van der Waals surface area contributed by atoms with Crippen molar-refractivity contribution in [3.63, 3.8) is 0 Å². The summed E-state index contributed by atoms with van der Waals surface area (Å²) in [6.45, 7) is -0.227. The lowest BCUT2D eigenvalue weighted by Gasteiger charge is -2.24. The number of non-ortho nitro benzene ring substituents is 2. The van der Waals surface area contributed by atoms with Gasteiger partial charge in [0.2, 0.25) is 0 Å². The first-order valence-corrected chi connectivity index (χ1v) is 12.0. The van der Waals surface area contributed by atoms with Gasteiger partial charge >= 0.3 is 11.9 Å². The fraction of sp³-hybridized carbons (Fsp3) is 0.259. The molecule has 4 rings (SSSR count). The van der Waals surface area contributed by atoms with Crippen molar-refractivity contribution in [3.8, 4) is 0 Å². The SMILES string of the molecule is COC1OC(COC(=O)c2ccc([N+](=O)[O-])cc2)C(OC(=O)c2ccc([N+](=O)[O-])cc2)C1OCc1ccccc1. The minimum Gasteiger partial charge on any atom is -0.459 e. The van der Waals surface area contributed by atoms with Gasteiger partial charge in [-0.3, -0.25) is 20.2 Å². The first-order chi connectivity index (χ1) is 19.3. The Labute approximate surface area is 227 Å². The molecule has 4 atom stereocenters. The van der Waals surface area contributed by atoms with Crippen LogP contribution in [-0.4, -0.2) is 60.1 Å². The van der Waals surface area contributed by atoms with Crippen LogP contribution in [0.3, 0.4) is 0 Å². The average molecular weight is 552 g/mol. The summed E-state index contributed by atoms with van der Waals surface area (Å²) in [6.07, 6.45) is -4.01. The zero-order valence-corrected chi connectivity index (χ0v) is 21.1. The Kier molecular flexibility index (Phi) is 9.11. The van der Waals surface area contributed by atoms with E-state index in [1.54, 1.807) is 0 Å². The summed E-state index contributed by atoms with van der Waals surface area (Å²) in [6, 6.07) is 18.9. The van der Waals surface area contributed by atoms with Crippen molar-refractivity contribution in [1.29, 1.82) is 0 Å². The quantitative estimate of drug-likeness (QED) is 0.193. The Morgan fingerprint density at radius 3 is 1.88 bits per heavy atom. The van der Waals surface area contributed by atoms with E-state index >= 15 is 0 Å². The second-order valence-corrected chi connectivity index (χ2v) is 8.62. The third-order valence-electron chi connectivity index (χ3n) is 6.03. The molecule has 0 bridgehead atoms. The highest BCUT2D eigenvalue weighted by atomic mass is 16.7.